The molecule has 0 saturated carbocycles. The molecule has 1 aromatic rings. The van der Waals surface area contributed by atoms with Crippen molar-refractivity contribution in [2.75, 3.05) is 5.32 Å². The molecule has 0 aromatic heterocycles. The molecule has 0 aliphatic heterocycles. The van der Waals surface area contributed by atoms with Gasteiger partial charge in [0, 0.05) is 11.2 Å². The fourth-order valence-corrected chi connectivity index (χ4v) is 1.35. The first-order chi connectivity index (χ1) is 8.34. The van der Waals surface area contributed by atoms with Gasteiger partial charge in [-0.2, -0.15) is 13.2 Å². The maximum Gasteiger partial charge on any atom is 0.418 e. The lowest BCUT2D eigenvalue weighted by atomic mass is 10.1. The molecule has 0 aliphatic rings. The van der Waals surface area contributed by atoms with Gasteiger partial charge >= 0.3 is 12.2 Å². The third-order valence-electron chi connectivity index (χ3n) is 1.92. The molecule has 98 valence electrons. The number of rotatable bonds is 2. The molecule has 7 heteroatoms. The highest BCUT2D eigenvalue weighted by molar-refractivity contribution is 6.30. The smallest absolute Gasteiger partial charge is 0.315 e. The number of allylic oxidation sites excluding steroid dienone is 1. The maximum atomic E-state index is 12.7. The summed E-state index contributed by atoms with van der Waals surface area (Å²) in [7, 11) is 0. The number of benzene rings is 1. The van der Waals surface area contributed by atoms with E-state index in [1.165, 1.54) is 18.3 Å². The normalized spacial score (nSPS) is 11.6. The molecule has 2 N–H and O–H groups in total. The number of carbonyl (C=O) groups excluding carboxylic acids is 1. The Labute approximate surface area is 107 Å². The molecule has 0 unspecified atom stereocenters. The highest BCUT2D eigenvalue weighted by atomic mass is 35.5. The van der Waals surface area contributed by atoms with Crippen molar-refractivity contribution in [2.45, 2.75) is 13.1 Å². The Kier molecular flexibility index (Phi) is 4.61. The Hall–Kier alpha value is -1.69. The summed E-state index contributed by atoms with van der Waals surface area (Å²) in [4.78, 5) is 11.3. The number of hydrogen-bond acceptors (Lipinski definition) is 1. The molecular weight excluding hydrogens is 269 g/mol. The highest BCUT2D eigenvalue weighted by Crippen LogP contribution is 2.36. The summed E-state index contributed by atoms with van der Waals surface area (Å²) in [6, 6.07) is 2.36. The zero-order valence-electron chi connectivity index (χ0n) is 9.31. The maximum absolute atomic E-state index is 12.7. The summed E-state index contributed by atoms with van der Waals surface area (Å²) >= 11 is 5.50. The molecule has 0 radical (unpaired) electrons. The van der Waals surface area contributed by atoms with Crippen molar-refractivity contribution in [3.05, 3.63) is 41.1 Å². The van der Waals surface area contributed by atoms with Gasteiger partial charge in [0.05, 0.1) is 11.3 Å². The molecule has 1 rings (SSSR count). The molecule has 0 aliphatic carbocycles. The van der Waals surface area contributed by atoms with Gasteiger partial charge in [-0.3, -0.25) is 0 Å². The topological polar surface area (TPSA) is 41.1 Å². The van der Waals surface area contributed by atoms with Gasteiger partial charge in [-0.15, -0.1) is 0 Å². The van der Waals surface area contributed by atoms with Crippen molar-refractivity contribution >= 4 is 23.3 Å². The van der Waals surface area contributed by atoms with Gasteiger partial charge in [0.15, 0.2) is 0 Å². The first-order valence-electron chi connectivity index (χ1n) is 4.90. The van der Waals surface area contributed by atoms with Crippen LogP contribution < -0.4 is 10.6 Å². The third-order valence-corrected chi connectivity index (χ3v) is 2.15. The lowest BCUT2D eigenvalue weighted by molar-refractivity contribution is -0.136. The van der Waals surface area contributed by atoms with E-state index in [1.807, 2.05) is 0 Å². The average Bonchev–Trinajstić information content (AvgIpc) is 2.27. The molecule has 0 heterocycles. The predicted molar refractivity (Wildman–Crippen MR) is 63.4 cm³/mol. The van der Waals surface area contributed by atoms with Gasteiger partial charge in [-0.05, 0) is 25.1 Å². The van der Waals surface area contributed by atoms with Crippen LogP contribution in [0, 0.1) is 0 Å². The van der Waals surface area contributed by atoms with Gasteiger partial charge < -0.3 is 10.6 Å². The number of halogens is 4. The van der Waals surface area contributed by atoms with Crippen molar-refractivity contribution in [3.8, 4) is 0 Å². The number of carbonyl (C=O) groups is 1. The monoisotopic (exact) mass is 278 g/mol. The van der Waals surface area contributed by atoms with Crippen LogP contribution in [-0.4, -0.2) is 6.03 Å². The number of amides is 2. The molecule has 1 aromatic carbocycles. The summed E-state index contributed by atoms with van der Waals surface area (Å²) in [5, 5.41) is 4.29. The average molecular weight is 279 g/mol. The molecular formula is C11H10ClF3N2O. The Morgan fingerprint density at radius 1 is 1.39 bits per heavy atom. The van der Waals surface area contributed by atoms with Gasteiger partial charge in [0.25, 0.3) is 0 Å². The Bertz CT molecular complexity index is 472. The first kappa shape index (κ1) is 14.4. The summed E-state index contributed by atoms with van der Waals surface area (Å²) < 4.78 is 38.1. The summed E-state index contributed by atoms with van der Waals surface area (Å²) in [5.41, 5.74) is -1.35. The molecule has 2 amide bonds. The van der Waals surface area contributed by atoms with Crippen LogP contribution in [0.15, 0.2) is 30.5 Å². The van der Waals surface area contributed by atoms with E-state index in [9.17, 15) is 18.0 Å². The van der Waals surface area contributed by atoms with Gasteiger partial charge in [-0.25, -0.2) is 4.79 Å². The van der Waals surface area contributed by atoms with Gasteiger partial charge in [0.1, 0.15) is 0 Å². The van der Waals surface area contributed by atoms with E-state index < -0.39 is 17.8 Å². The number of anilines is 1. The van der Waals surface area contributed by atoms with Crippen LogP contribution in [0.3, 0.4) is 0 Å². The van der Waals surface area contributed by atoms with Crippen LogP contribution in [0.5, 0.6) is 0 Å². The number of alkyl halides is 3. The Balaban J connectivity index is 2.98. The molecule has 18 heavy (non-hydrogen) atoms. The van der Waals surface area contributed by atoms with E-state index in [2.05, 4.69) is 10.6 Å². The second kappa shape index (κ2) is 5.77. The van der Waals surface area contributed by atoms with E-state index in [4.69, 9.17) is 11.6 Å². The van der Waals surface area contributed by atoms with Crippen molar-refractivity contribution in [2.24, 2.45) is 0 Å². The second-order valence-electron chi connectivity index (χ2n) is 3.29. The SMILES string of the molecule is C/C=C/NC(=O)Nc1ccc(Cl)cc1C(F)(F)F. The molecule has 0 fully saturated rings. The number of urea groups is 1. The van der Waals surface area contributed by atoms with E-state index in [-0.39, 0.29) is 10.7 Å². The fourth-order valence-electron chi connectivity index (χ4n) is 1.18. The summed E-state index contributed by atoms with van der Waals surface area (Å²) in [6.45, 7) is 1.66. The quantitative estimate of drug-likeness (QED) is 0.843. The standard InChI is InChI=1S/C11H10ClF3N2O/c1-2-5-16-10(18)17-9-4-3-7(12)6-8(9)11(13,14)15/h2-6H,1H3,(H2,16,17,18)/b5-2+. The lowest BCUT2D eigenvalue weighted by Gasteiger charge is -2.13. The van der Waals surface area contributed by atoms with Crippen molar-refractivity contribution in [1.29, 1.82) is 0 Å². The van der Waals surface area contributed by atoms with E-state index >= 15 is 0 Å². The number of nitrogens with one attached hydrogen (secondary N) is 2. The van der Waals surface area contributed by atoms with E-state index in [0.717, 1.165) is 12.1 Å². The Morgan fingerprint density at radius 2 is 2.06 bits per heavy atom. The lowest BCUT2D eigenvalue weighted by Crippen LogP contribution is -2.25. The molecule has 3 nitrogen and oxygen atoms in total. The molecule has 0 atom stereocenters. The minimum absolute atomic E-state index is 0.0539. The van der Waals surface area contributed by atoms with Crippen LogP contribution in [0.25, 0.3) is 0 Å². The van der Waals surface area contributed by atoms with Gasteiger partial charge in [-0.1, -0.05) is 17.7 Å². The van der Waals surface area contributed by atoms with Crippen LogP contribution in [0.1, 0.15) is 12.5 Å². The Morgan fingerprint density at radius 3 is 2.61 bits per heavy atom. The van der Waals surface area contributed by atoms with Crippen molar-refractivity contribution in [3.63, 3.8) is 0 Å². The molecule has 0 saturated heterocycles. The predicted octanol–water partition coefficient (Wildman–Crippen LogP) is 4.01. The van der Waals surface area contributed by atoms with E-state index in [0.29, 0.717) is 0 Å². The van der Waals surface area contributed by atoms with Crippen molar-refractivity contribution < 1.29 is 18.0 Å². The van der Waals surface area contributed by atoms with Crippen molar-refractivity contribution in [1.82, 2.24) is 5.32 Å². The van der Waals surface area contributed by atoms with Gasteiger partial charge in [0.2, 0.25) is 0 Å². The highest BCUT2D eigenvalue weighted by Gasteiger charge is 2.34. The van der Waals surface area contributed by atoms with Crippen LogP contribution in [0.2, 0.25) is 5.02 Å². The van der Waals surface area contributed by atoms with Crippen LogP contribution >= 0.6 is 11.6 Å². The van der Waals surface area contributed by atoms with E-state index in [1.54, 1.807) is 6.92 Å². The number of hydrogen-bond donors (Lipinski definition) is 2. The third kappa shape index (κ3) is 3.96. The molecule has 0 spiro atoms. The largest absolute Gasteiger partial charge is 0.418 e. The minimum Gasteiger partial charge on any atom is -0.315 e. The second-order valence-corrected chi connectivity index (χ2v) is 3.72. The van der Waals surface area contributed by atoms with Crippen LogP contribution in [-0.2, 0) is 6.18 Å². The molecule has 0 bridgehead atoms. The fraction of sp³-hybridized carbons (Fsp3) is 0.182. The zero-order chi connectivity index (χ0) is 13.8. The summed E-state index contributed by atoms with van der Waals surface area (Å²) in [6.07, 6.45) is -1.75. The zero-order valence-corrected chi connectivity index (χ0v) is 10.1. The minimum atomic E-state index is -4.59. The van der Waals surface area contributed by atoms with Crippen LogP contribution in [0.4, 0.5) is 23.7 Å². The first-order valence-corrected chi connectivity index (χ1v) is 5.28. The summed E-state index contributed by atoms with van der Waals surface area (Å²) in [5.74, 6) is 0.